The van der Waals surface area contributed by atoms with Crippen molar-refractivity contribution >= 4 is 28.0 Å². The molecule has 7 heteroatoms. The van der Waals surface area contributed by atoms with Crippen molar-refractivity contribution in [1.82, 2.24) is 0 Å². The van der Waals surface area contributed by atoms with E-state index in [1.54, 1.807) is 0 Å². The molecule has 0 saturated carbocycles. The van der Waals surface area contributed by atoms with Crippen LogP contribution in [-0.4, -0.2) is 23.1 Å². The third kappa shape index (κ3) is 2.60. The third-order valence-electron chi connectivity index (χ3n) is 2.57. The molecule has 2 rings (SSSR count). The van der Waals surface area contributed by atoms with Gasteiger partial charge in [-0.2, -0.15) is 0 Å². The summed E-state index contributed by atoms with van der Waals surface area (Å²) >= 11 is 3.00. The number of aliphatic carboxylic acids is 1. The Morgan fingerprint density at radius 1 is 1.47 bits per heavy atom. The first-order valence-corrected chi connectivity index (χ1v) is 5.98. The van der Waals surface area contributed by atoms with E-state index in [0.717, 1.165) is 18.2 Å². The highest BCUT2D eigenvalue weighted by atomic mass is 79.9. The van der Waals surface area contributed by atoms with Crippen molar-refractivity contribution in [2.45, 2.75) is 19.0 Å². The maximum Gasteiger partial charge on any atom is 0.335 e. The molecule has 0 radical (unpaired) electrons. The zero-order chi connectivity index (χ0) is 14.4. The summed E-state index contributed by atoms with van der Waals surface area (Å²) in [6.45, 7) is 0.566. The number of carboxylic acids is 1. The smallest absolute Gasteiger partial charge is 0.335 e. The molecular formula is C12H8BrF3O3. The second-order valence-corrected chi connectivity index (χ2v) is 5.02. The lowest BCUT2D eigenvalue weighted by Gasteiger charge is -2.29. The van der Waals surface area contributed by atoms with E-state index >= 15 is 0 Å². The van der Waals surface area contributed by atoms with E-state index in [1.807, 2.05) is 0 Å². The molecule has 1 aromatic rings. The average Bonchev–Trinajstić information content (AvgIpc) is 2.25. The first kappa shape index (κ1) is 13.9. The maximum atomic E-state index is 13.4. The third-order valence-corrected chi connectivity index (χ3v) is 3.16. The van der Waals surface area contributed by atoms with Crippen LogP contribution < -0.4 is 4.74 Å². The van der Waals surface area contributed by atoms with Crippen LogP contribution in [0.4, 0.5) is 13.2 Å². The number of alkyl halides is 2. The fraction of sp³-hybridized carbons (Fsp3) is 0.250. The molecule has 1 unspecified atom stereocenters. The van der Waals surface area contributed by atoms with E-state index in [2.05, 4.69) is 15.9 Å². The maximum absolute atomic E-state index is 13.4. The van der Waals surface area contributed by atoms with Crippen LogP contribution in [0.2, 0.25) is 0 Å². The molecule has 1 aromatic carbocycles. The largest absolute Gasteiger partial charge is 0.478 e. The minimum atomic E-state index is -3.38. The number of halogens is 4. The lowest BCUT2D eigenvalue weighted by molar-refractivity contribution is -0.137. The predicted molar refractivity (Wildman–Crippen MR) is 64.7 cm³/mol. The number of hydrogen-bond acceptors (Lipinski definition) is 2. The van der Waals surface area contributed by atoms with Gasteiger partial charge in [0.15, 0.2) is 6.10 Å². The molecule has 1 heterocycles. The van der Waals surface area contributed by atoms with Crippen LogP contribution in [0.1, 0.15) is 12.5 Å². The quantitative estimate of drug-likeness (QED) is 0.899. The SMILES string of the molecule is CC(F)(F)C1Oc2c(Br)cc(F)cc2C=C1C(=O)O. The Balaban J connectivity index is 2.61. The number of ether oxygens (including phenoxy) is 1. The molecule has 0 amide bonds. The minimum absolute atomic E-state index is 0.00192. The molecule has 0 bridgehead atoms. The zero-order valence-electron chi connectivity index (χ0n) is 9.58. The van der Waals surface area contributed by atoms with Gasteiger partial charge in [-0.1, -0.05) is 0 Å². The van der Waals surface area contributed by atoms with Gasteiger partial charge in [-0.05, 0) is 34.1 Å². The van der Waals surface area contributed by atoms with Crippen molar-refractivity contribution in [3.05, 3.63) is 33.6 Å². The van der Waals surface area contributed by atoms with Gasteiger partial charge in [-0.25, -0.2) is 18.0 Å². The summed E-state index contributed by atoms with van der Waals surface area (Å²) in [7, 11) is 0. The summed E-state index contributed by atoms with van der Waals surface area (Å²) in [5.41, 5.74) is -0.512. The van der Waals surface area contributed by atoms with Gasteiger partial charge >= 0.3 is 5.97 Å². The summed E-state index contributed by atoms with van der Waals surface area (Å²) in [5, 5.41) is 8.95. The van der Waals surface area contributed by atoms with Crippen LogP contribution in [-0.2, 0) is 4.79 Å². The van der Waals surface area contributed by atoms with E-state index < -0.39 is 29.4 Å². The highest BCUT2D eigenvalue weighted by molar-refractivity contribution is 9.10. The summed E-state index contributed by atoms with van der Waals surface area (Å²) < 4.78 is 45.2. The van der Waals surface area contributed by atoms with Gasteiger partial charge in [0.05, 0.1) is 10.0 Å². The molecule has 1 atom stereocenters. The molecule has 3 nitrogen and oxygen atoms in total. The van der Waals surface area contributed by atoms with Gasteiger partial charge in [0.25, 0.3) is 5.92 Å². The Labute approximate surface area is 114 Å². The predicted octanol–water partition coefficient (Wildman–Crippen LogP) is 3.47. The molecule has 0 aliphatic carbocycles. The van der Waals surface area contributed by atoms with Crippen molar-refractivity contribution in [2.75, 3.05) is 0 Å². The standard InChI is InChI=1S/C12H8BrF3O3/c1-12(15,16)10-7(11(17)18)3-5-2-6(14)4-8(13)9(5)19-10/h2-4,10H,1H3,(H,17,18). The normalized spacial score (nSPS) is 18.4. The number of rotatable bonds is 2. The van der Waals surface area contributed by atoms with Gasteiger partial charge in [-0.15, -0.1) is 0 Å². The number of carbonyl (C=O) groups is 1. The topological polar surface area (TPSA) is 46.5 Å². The number of carboxylic acid groups (broad SMARTS) is 1. The van der Waals surface area contributed by atoms with Crippen LogP contribution in [0.25, 0.3) is 6.08 Å². The first-order valence-electron chi connectivity index (χ1n) is 5.18. The van der Waals surface area contributed by atoms with Gasteiger partial charge in [0.1, 0.15) is 11.6 Å². The van der Waals surface area contributed by atoms with Gasteiger partial charge in [0.2, 0.25) is 0 Å². The van der Waals surface area contributed by atoms with Gasteiger partial charge in [-0.3, -0.25) is 0 Å². The van der Waals surface area contributed by atoms with Gasteiger partial charge in [0, 0.05) is 12.5 Å². The van der Waals surface area contributed by atoms with Crippen LogP contribution in [0.15, 0.2) is 22.2 Å². The van der Waals surface area contributed by atoms with Crippen molar-refractivity contribution in [3.63, 3.8) is 0 Å². The second-order valence-electron chi connectivity index (χ2n) is 4.16. The van der Waals surface area contributed by atoms with Crippen LogP contribution in [0.3, 0.4) is 0 Å². The Hall–Kier alpha value is -1.50. The molecule has 19 heavy (non-hydrogen) atoms. The monoisotopic (exact) mass is 336 g/mol. The molecule has 1 aliphatic heterocycles. The number of fused-ring (bicyclic) bond motifs is 1. The van der Waals surface area contributed by atoms with Crippen LogP contribution in [0, 0.1) is 5.82 Å². The molecule has 1 aliphatic rings. The highest BCUT2D eigenvalue weighted by Gasteiger charge is 2.44. The Morgan fingerprint density at radius 3 is 2.63 bits per heavy atom. The fourth-order valence-electron chi connectivity index (χ4n) is 1.79. The fourth-order valence-corrected chi connectivity index (χ4v) is 2.33. The summed E-state index contributed by atoms with van der Waals surface area (Å²) in [4.78, 5) is 11.0. The number of benzene rings is 1. The molecule has 1 N–H and O–H groups in total. The molecule has 102 valence electrons. The lowest BCUT2D eigenvalue weighted by Crippen LogP contribution is -2.41. The number of hydrogen-bond donors (Lipinski definition) is 1. The second kappa shape index (κ2) is 4.56. The van der Waals surface area contributed by atoms with Gasteiger partial charge < -0.3 is 9.84 Å². The molecule has 0 aromatic heterocycles. The minimum Gasteiger partial charge on any atom is -0.478 e. The van der Waals surface area contributed by atoms with Crippen molar-refractivity contribution in [1.29, 1.82) is 0 Å². The van der Waals surface area contributed by atoms with Crippen molar-refractivity contribution in [2.24, 2.45) is 0 Å². The summed E-state index contributed by atoms with van der Waals surface area (Å²) in [6.07, 6.45) is -0.920. The highest BCUT2D eigenvalue weighted by Crippen LogP contribution is 2.40. The zero-order valence-corrected chi connectivity index (χ0v) is 11.2. The molecule has 0 fully saturated rings. The van der Waals surface area contributed by atoms with E-state index in [1.165, 1.54) is 0 Å². The van der Waals surface area contributed by atoms with Crippen molar-refractivity contribution in [3.8, 4) is 5.75 Å². The lowest BCUT2D eigenvalue weighted by atomic mass is 9.98. The van der Waals surface area contributed by atoms with Crippen molar-refractivity contribution < 1.29 is 27.8 Å². The van der Waals surface area contributed by atoms with E-state index in [9.17, 15) is 18.0 Å². The summed E-state index contributed by atoms with van der Waals surface area (Å²) in [6, 6.07) is 2.08. The Morgan fingerprint density at radius 2 is 2.11 bits per heavy atom. The van der Waals surface area contributed by atoms with Crippen LogP contribution >= 0.6 is 15.9 Å². The van der Waals surface area contributed by atoms with E-state index in [0.29, 0.717) is 6.92 Å². The van der Waals surface area contributed by atoms with Crippen LogP contribution in [0.5, 0.6) is 5.75 Å². The summed E-state index contributed by atoms with van der Waals surface area (Å²) in [5.74, 6) is -5.54. The Kier molecular flexibility index (Phi) is 3.34. The molecule has 0 saturated heterocycles. The first-order chi connectivity index (χ1) is 8.70. The van der Waals surface area contributed by atoms with E-state index in [-0.39, 0.29) is 15.8 Å². The van der Waals surface area contributed by atoms with E-state index in [4.69, 9.17) is 9.84 Å². The average molecular weight is 337 g/mol. The molecular weight excluding hydrogens is 329 g/mol. The molecule has 0 spiro atoms. The Bertz CT molecular complexity index is 578.